The fraction of sp³-hybridized carbons (Fsp3) is 0.353. The van der Waals surface area contributed by atoms with Crippen LogP contribution in [0.3, 0.4) is 0 Å². The van der Waals surface area contributed by atoms with E-state index in [1.165, 1.54) is 6.07 Å². The van der Waals surface area contributed by atoms with Gasteiger partial charge in [-0.2, -0.15) is 0 Å². The van der Waals surface area contributed by atoms with Gasteiger partial charge in [0.1, 0.15) is 12.4 Å². The van der Waals surface area contributed by atoms with Gasteiger partial charge < -0.3 is 10.1 Å². The summed E-state index contributed by atoms with van der Waals surface area (Å²) < 4.78 is 19.1. The Kier molecular flexibility index (Phi) is 4.91. The molecule has 0 saturated carbocycles. The molecule has 1 aromatic heterocycles. The fourth-order valence-corrected chi connectivity index (χ4v) is 1.76. The van der Waals surface area contributed by atoms with Gasteiger partial charge in [-0.15, -0.1) is 0 Å². The zero-order valence-electron chi connectivity index (χ0n) is 12.7. The first kappa shape index (κ1) is 15.4. The second kappa shape index (κ2) is 6.68. The maximum Gasteiger partial charge on any atom is 0.213 e. The van der Waals surface area contributed by atoms with E-state index < -0.39 is 0 Å². The molecule has 0 aliphatic heterocycles. The van der Waals surface area contributed by atoms with Crippen molar-refractivity contribution in [2.45, 2.75) is 39.5 Å². The van der Waals surface area contributed by atoms with E-state index in [-0.39, 0.29) is 18.0 Å². The van der Waals surface area contributed by atoms with Gasteiger partial charge in [0.15, 0.2) is 0 Å². The monoisotopic (exact) mass is 288 g/mol. The molecule has 112 valence electrons. The number of hydrogen-bond donors (Lipinski definition) is 1. The summed E-state index contributed by atoms with van der Waals surface area (Å²) in [6.07, 6.45) is 0. The van der Waals surface area contributed by atoms with Crippen molar-refractivity contribution in [1.82, 2.24) is 10.3 Å². The quantitative estimate of drug-likeness (QED) is 0.911. The van der Waals surface area contributed by atoms with Gasteiger partial charge in [0.2, 0.25) is 5.88 Å². The number of nitrogens with one attached hydrogen (secondary N) is 1. The maximum atomic E-state index is 13.5. The Morgan fingerprint density at radius 1 is 1.10 bits per heavy atom. The third-order valence-electron chi connectivity index (χ3n) is 2.91. The van der Waals surface area contributed by atoms with Gasteiger partial charge in [0.25, 0.3) is 0 Å². The highest BCUT2D eigenvalue weighted by Crippen LogP contribution is 2.13. The van der Waals surface area contributed by atoms with Crippen LogP contribution in [0.25, 0.3) is 0 Å². The first-order valence-corrected chi connectivity index (χ1v) is 7.01. The molecular formula is C17H21FN2O. The number of aromatic nitrogens is 1. The average Bonchev–Trinajstić information content (AvgIpc) is 2.44. The molecule has 1 N–H and O–H groups in total. The van der Waals surface area contributed by atoms with Crippen LogP contribution in [-0.4, -0.2) is 10.5 Å². The Hall–Kier alpha value is -1.94. The second-order valence-electron chi connectivity index (χ2n) is 5.95. The predicted molar refractivity (Wildman–Crippen MR) is 81.6 cm³/mol. The highest BCUT2D eigenvalue weighted by Gasteiger charge is 2.09. The molecule has 4 heteroatoms. The van der Waals surface area contributed by atoms with Crippen molar-refractivity contribution in [3.63, 3.8) is 0 Å². The van der Waals surface area contributed by atoms with E-state index in [9.17, 15) is 4.39 Å². The number of hydrogen-bond acceptors (Lipinski definition) is 3. The highest BCUT2D eigenvalue weighted by atomic mass is 19.1. The van der Waals surface area contributed by atoms with Crippen molar-refractivity contribution in [3.05, 3.63) is 59.5 Å². The molecule has 0 aliphatic carbocycles. The zero-order chi connectivity index (χ0) is 15.3. The van der Waals surface area contributed by atoms with E-state index in [2.05, 4.69) is 31.1 Å². The summed E-state index contributed by atoms with van der Waals surface area (Å²) in [4.78, 5) is 4.41. The number of benzene rings is 1. The Balaban J connectivity index is 1.96. The first-order chi connectivity index (χ1) is 9.94. The number of pyridine rings is 1. The SMILES string of the molecule is CC(C)(C)NCc1cccc(OCc2ccccc2F)n1. The average molecular weight is 288 g/mol. The fourth-order valence-electron chi connectivity index (χ4n) is 1.76. The molecule has 0 radical (unpaired) electrons. The van der Waals surface area contributed by atoms with Crippen molar-refractivity contribution >= 4 is 0 Å². The van der Waals surface area contributed by atoms with Crippen LogP contribution in [0, 0.1) is 5.82 Å². The summed E-state index contributed by atoms with van der Waals surface area (Å²) in [5.74, 6) is 0.245. The van der Waals surface area contributed by atoms with Gasteiger partial charge >= 0.3 is 0 Å². The number of rotatable bonds is 5. The number of ether oxygens (including phenoxy) is 1. The largest absolute Gasteiger partial charge is 0.473 e. The molecule has 2 rings (SSSR count). The predicted octanol–water partition coefficient (Wildman–Crippen LogP) is 3.69. The van der Waals surface area contributed by atoms with E-state index in [1.54, 1.807) is 24.3 Å². The molecule has 0 unspecified atom stereocenters. The van der Waals surface area contributed by atoms with Crippen LogP contribution in [0.2, 0.25) is 0 Å². The van der Waals surface area contributed by atoms with Crippen LogP contribution in [0.1, 0.15) is 32.0 Å². The summed E-state index contributed by atoms with van der Waals surface area (Å²) in [5, 5.41) is 3.37. The molecule has 0 fully saturated rings. The topological polar surface area (TPSA) is 34.1 Å². The lowest BCUT2D eigenvalue weighted by Crippen LogP contribution is -2.35. The molecule has 3 nitrogen and oxygen atoms in total. The smallest absolute Gasteiger partial charge is 0.213 e. The summed E-state index contributed by atoms with van der Waals surface area (Å²) >= 11 is 0. The summed E-state index contributed by atoms with van der Waals surface area (Å²) in [7, 11) is 0. The molecular weight excluding hydrogens is 267 g/mol. The lowest BCUT2D eigenvalue weighted by atomic mass is 10.1. The summed E-state index contributed by atoms with van der Waals surface area (Å²) in [5.41, 5.74) is 1.46. The molecule has 21 heavy (non-hydrogen) atoms. The Labute approximate surface area is 125 Å². The molecule has 0 amide bonds. The van der Waals surface area contributed by atoms with E-state index in [1.807, 2.05) is 12.1 Å². The van der Waals surface area contributed by atoms with E-state index in [0.29, 0.717) is 18.0 Å². The summed E-state index contributed by atoms with van der Waals surface area (Å²) in [6, 6.07) is 12.2. The molecule has 0 bridgehead atoms. The minimum Gasteiger partial charge on any atom is -0.473 e. The van der Waals surface area contributed by atoms with Crippen molar-refractivity contribution < 1.29 is 9.13 Å². The number of halogens is 1. The first-order valence-electron chi connectivity index (χ1n) is 7.01. The Morgan fingerprint density at radius 3 is 2.57 bits per heavy atom. The number of nitrogens with zero attached hydrogens (tertiary/aromatic N) is 1. The summed E-state index contributed by atoms with van der Waals surface area (Å²) in [6.45, 7) is 7.15. The van der Waals surface area contributed by atoms with E-state index in [4.69, 9.17) is 4.74 Å². The third kappa shape index (κ3) is 5.16. The Morgan fingerprint density at radius 2 is 1.86 bits per heavy atom. The van der Waals surface area contributed by atoms with Gasteiger partial charge in [-0.1, -0.05) is 24.3 Å². The molecule has 0 saturated heterocycles. The van der Waals surface area contributed by atoms with Crippen molar-refractivity contribution in [1.29, 1.82) is 0 Å². The normalized spacial score (nSPS) is 11.4. The Bertz CT molecular complexity index is 593. The van der Waals surface area contributed by atoms with Crippen molar-refractivity contribution in [3.8, 4) is 5.88 Å². The molecule has 0 atom stereocenters. The van der Waals surface area contributed by atoms with Crippen molar-refractivity contribution in [2.75, 3.05) is 0 Å². The van der Waals surface area contributed by atoms with E-state index in [0.717, 1.165) is 5.69 Å². The second-order valence-corrected chi connectivity index (χ2v) is 5.95. The van der Waals surface area contributed by atoms with Gasteiger partial charge in [0, 0.05) is 23.7 Å². The molecule has 2 aromatic rings. The van der Waals surface area contributed by atoms with Crippen LogP contribution in [-0.2, 0) is 13.2 Å². The van der Waals surface area contributed by atoms with Crippen LogP contribution in [0.15, 0.2) is 42.5 Å². The van der Waals surface area contributed by atoms with Crippen LogP contribution >= 0.6 is 0 Å². The van der Waals surface area contributed by atoms with Gasteiger partial charge in [-0.25, -0.2) is 9.37 Å². The highest BCUT2D eigenvalue weighted by molar-refractivity contribution is 5.19. The van der Waals surface area contributed by atoms with Crippen LogP contribution in [0.4, 0.5) is 4.39 Å². The molecule has 1 aromatic carbocycles. The van der Waals surface area contributed by atoms with E-state index >= 15 is 0 Å². The molecule has 1 heterocycles. The standard InChI is InChI=1S/C17H21FN2O/c1-17(2,3)19-11-14-8-6-10-16(20-14)21-12-13-7-4-5-9-15(13)18/h4-10,19H,11-12H2,1-3H3. The van der Waals surface area contributed by atoms with Crippen LogP contribution < -0.4 is 10.1 Å². The lowest BCUT2D eigenvalue weighted by Gasteiger charge is -2.20. The molecule has 0 spiro atoms. The van der Waals surface area contributed by atoms with Gasteiger partial charge in [-0.05, 0) is 32.9 Å². The lowest BCUT2D eigenvalue weighted by molar-refractivity contribution is 0.286. The zero-order valence-corrected chi connectivity index (χ0v) is 12.7. The van der Waals surface area contributed by atoms with Gasteiger partial charge in [-0.3, -0.25) is 0 Å². The van der Waals surface area contributed by atoms with Crippen LogP contribution in [0.5, 0.6) is 5.88 Å². The molecule has 0 aliphatic rings. The minimum atomic E-state index is -0.261. The minimum absolute atomic E-state index is 0.0334. The maximum absolute atomic E-state index is 13.5. The van der Waals surface area contributed by atoms with Gasteiger partial charge in [0.05, 0.1) is 5.69 Å². The third-order valence-corrected chi connectivity index (χ3v) is 2.91. The van der Waals surface area contributed by atoms with Crippen molar-refractivity contribution in [2.24, 2.45) is 0 Å².